The van der Waals surface area contributed by atoms with Crippen molar-refractivity contribution in [2.24, 2.45) is 5.41 Å². The average molecular weight is 946 g/mol. The number of nitrogens with two attached hydrogens (primary N) is 1. The van der Waals surface area contributed by atoms with Gasteiger partial charge >= 0.3 is 5.97 Å². The van der Waals surface area contributed by atoms with Gasteiger partial charge < -0.3 is 74.1 Å². The molecule has 1 aliphatic rings. The molecule has 0 bridgehead atoms. The number of aliphatic carboxylic acids is 1. The summed E-state index contributed by atoms with van der Waals surface area (Å²) in [6.45, 7) is 7.11. The number of allylic oxidation sites excluding steroid dienone is 2. The molecule has 2 aromatic heterocycles. The van der Waals surface area contributed by atoms with E-state index in [-0.39, 0.29) is 41.6 Å². The first-order chi connectivity index (χ1) is 28.0. The molecule has 7 atom stereocenters. The number of carbonyl (C=O) groups is 4. The molecule has 0 aromatic carbocycles. The number of hydrogen-bond acceptors (Lipinski definition) is 23. The first kappa shape index (κ1) is 53.6. The third-order valence-electron chi connectivity index (χ3n) is 7.54. The van der Waals surface area contributed by atoms with E-state index in [0.29, 0.717) is 5.75 Å². The molecule has 0 saturated carbocycles. The minimum atomic E-state index is -5.91. The Bertz CT molecular complexity index is 2070. The molecule has 26 nitrogen and oxygen atoms in total. The number of fused-ring (bicyclic) bond motifs is 1. The number of ether oxygens (including phenoxy) is 1. The molecule has 61 heavy (non-hydrogen) atoms. The Morgan fingerprint density at radius 2 is 1.62 bits per heavy atom. The lowest BCUT2D eigenvalue weighted by Gasteiger charge is -2.36. The van der Waals surface area contributed by atoms with E-state index >= 15 is 0 Å². The molecule has 1 fully saturated rings. The third kappa shape index (κ3) is 18.8. The Labute approximate surface area is 352 Å². The Hall–Kier alpha value is -3.49. The van der Waals surface area contributed by atoms with Crippen molar-refractivity contribution in [3.8, 4) is 0 Å². The van der Waals surface area contributed by atoms with Crippen LogP contribution in [-0.2, 0) is 55.5 Å². The fourth-order valence-electron chi connectivity index (χ4n) is 4.78. The van der Waals surface area contributed by atoms with Crippen molar-refractivity contribution in [2.75, 3.05) is 37.8 Å². The summed E-state index contributed by atoms with van der Waals surface area (Å²) in [6, 6.07) is 0. The number of anilines is 1. The largest absolute Gasteiger partial charge is 0.790 e. The van der Waals surface area contributed by atoms with E-state index in [0.717, 1.165) is 40.1 Å². The fourth-order valence-corrected chi connectivity index (χ4v) is 8.24. The standard InChI is InChI=1S/C26H42N7O17P3S.C5H8O2/c1-14(2)9-17(35)54-8-7-28-16(34)5-6-29-24(38)21(37)26(3,4)11-47-53(44,45)50-52(42,43)46-10-15-20(49-51(39,40)41)19(36)25(48-15)33-13-32-18-22(27)30-12-31-23(18)33;1-4(2)3-5(6)7/h9,12-13,15,19-21,25,36-37H,5-8,10-11H2,1-4H3,(H,28,34)(H,29,38)(H,42,43)(H,44,45)(H2,27,30,31)(H2,39,40,41);3H,1-2H3,(H,6,7)/p-4. The lowest BCUT2D eigenvalue weighted by Crippen LogP contribution is -2.46. The van der Waals surface area contributed by atoms with E-state index < -0.39 is 90.5 Å². The number of hydrogen-bond donors (Lipinski definition) is 6. The predicted molar refractivity (Wildman–Crippen MR) is 205 cm³/mol. The Morgan fingerprint density at radius 1 is 1.00 bits per heavy atom. The summed E-state index contributed by atoms with van der Waals surface area (Å²) in [5, 5.41) is 34.0. The number of carboxylic acid groups (broad SMARTS) is 1. The van der Waals surface area contributed by atoms with Gasteiger partial charge in [0.25, 0.3) is 15.6 Å². The number of nitrogens with one attached hydrogen (secondary N) is 2. The topological polar surface area (TPSA) is 412 Å². The average Bonchev–Trinajstić information content (AvgIpc) is 3.67. The van der Waals surface area contributed by atoms with Crippen LogP contribution in [0.4, 0.5) is 5.82 Å². The molecular formula is C31H46N7O19P3S-4. The number of aliphatic hydroxyl groups excluding tert-OH is 2. The fraction of sp³-hybridized carbons (Fsp3) is 0.581. The molecule has 1 aliphatic heterocycles. The van der Waals surface area contributed by atoms with Gasteiger partial charge in [0.2, 0.25) is 16.9 Å². The van der Waals surface area contributed by atoms with Crippen LogP contribution in [-0.4, -0.2) is 114 Å². The molecule has 3 heterocycles. The first-order valence-electron chi connectivity index (χ1n) is 17.6. The zero-order valence-electron chi connectivity index (χ0n) is 33.4. The summed E-state index contributed by atoms with van der Waals surface area (Å²) in [6.07, 6.45) is -4.96. The highest BCUT2D eigenvalue weighted by molar-refractivity contribution is 8.14. The Balaban J connectivity index is 0.00000168. The number of nitrogens with zero attached hydrogens (tertiary/aromatic N) is 4. The van der Waals surface area contributed by atoms with Crippen LogP contribution in [0.15, 0.2) is 36.0 Å². The molecule has 1 saturated heterocycles. The van der Waals surface area contributed by atoms with Crippen LogP contribution in [0.25, 0.3) is 11.2 Å². The summed E-state index contributed by atoms with van der Waals surface area (Å²) in [4.78, 5) is 105. The molecule has 0 radical (unpaired) electrons. The number of amides is 2. The molecule has 7 unspecified atom stereocenters. The zero-order valence-corrected chi connectivity index (χ0v) is 36.9. The minimum absolute atomic E-state index is 0.0218. The number of phosphoric acid groups is 3. The summed E-state index contributed by atoms with van der Waals surface area (Å²) in [5.74, 6) is -2.12. The number of carbonyl (C=O) groups excluding carboxylic acids is 3. The number of phosphoric ester groups is 3. The second-order valence-electron chi connectivity index (χ2n) is 13.9. The van der Waals surface area contributed by atoms with E-state index in [1.807, 2.05) is 0 Å². The van der Waals surface area contributed by atoms with E-state index in [1.165, 1.54) is 26.0 Å². The van der Waals surface area contributed by atoms with Crippen molar-refractivity contribution in [3.05, 3.63) is 36.0 Å². The summed E-state index contributed by atoms with van der Waals surface area (Å²) in [7, 11) is -17.6. The highest BCUT2D eigenvalue weighted by Crippen LogP contribution is 2.56. The quantitative estimate of drug-likeness (QED) is 0.0454. The van der Waals surface area contributed by atoms with Crippen LogP contribution >= 0.6 is 35.2 Å². The van der Waals surface area contributed by atoms with Crippen molar-refractivity contribution in [1.82, 2.24) is 30.2 Å². The van der Waals surface area contributed by atoms with Crippen molar-refractivity contribution < 1.29 is 90.4 Å². The number of rotatable bonds is 21. The molecular weight excluding hydrogens is 899 g/mol. The highest BCUT2D eigenvalue weighted by atomic mass is 32.2. The van der Waals surface area contributed by atoms with Crippen LogP contribution < -0.4 is 35.9 Å². The number of carboxylic acids is 1. The molecule has 2 amide bonds. The minimum Gasteiger partial charge on any atom is -0.790 e. The second kappa shape index (κ2) is 23.3. The van der Waals surface area contributed by atoms with Gasteiger partial charge in [-0.15, -0.1) is 0 Å². The molecule has 3 rings (SSSR count). The molecule has 0 aliphatic carbocycles. The van der Waals surface area contributed by atoms with Crippen LogP contribution in [0.2, 0.25) is 0 Å². The number of imidazole rings is 1. The van der Waals surface area contributed by atoms with Gasteiger partial charge in [-0.25, -0.2) is 24.1 Å². The molecule has 0 spiro atoms. The van der Waals surface area contributed by atoms with Crippen molar-refractivity contribution in [1.29, 1.82) is 0 Å². The van der Waals surface area contributed by atoms with Crippen LogP contribution in [0, 0.1) is 5.41 Å². The highest BCUT2D eigenvalue weighted by Gasteiger charge is 2.47. The van der Waals surface area contributed by atoms with Gasteiger partial charge in [0.05, 0.1) is 27.4 Å². The molecule has 30 heteroatoms. The van der Waals surface area contributed by atoms with Crippen molar-refractivity contribution in [3.63, 3.8) is 0 Å². The Morgan fingerprint density at radius 3 is 2.20 bits per heavy atom. The van der Waals surface area contributed by atoms with Crippen molar-refractivity contribution in [2.45, 2.75) is 78.6 Å². The second-order valence-corrected chi connectivity index (χ2v) is 19.1. The van der Waals surface area contributed by atoms with Crippen LogP contribution in [0.3, 0.4) is 0 Å². The van der Waals surface area contributed by atoms with Crippen molar-refractivity contribution >= 4 is 75.1 Å². The monoisotopic (exact) mass is 945 g/mol. The predicted octanol–water partition coefficient (Wildman–Crippen LogP) is -1.86. The van der Waals surface area contributed by atoms with E-state index in [4.69, 9.17) is 15.6 Å². The SMILES string of the molecule is CC(C)=CC(=O)O.CC(C)=CC(=O)SCCNC(=O)CCNC(=O)C(O)C(C)(C)COP(=O)([O-])OP(=O)([O-])OCC1OC(n2cnc3c(N)ncnc32)C(O)C1OP(=O)([O-])[O-]. The maximum atomic E-state index is 12.5. The summed E-state index contributed by atoms with van der Waals surface area (Å²) >= 11 is 1.01. The van der Waals surface area contributed by atoms with Gasteiger partial charge in [-0.3, -0.25) is 28.1 Å². The third-order valence-corrected chi connectivity index (χ3v) is 11.4. The number of aliphatic hydroxyl groups is 2. The summed E-state index contributed by atoms with van der Waals surface area (Å²) in [5.41, 5.74) is 5.71. The van der Waals surface area contributed by atoms with Gasteiger partial charge in [-0.1, -0.05) is 36.8 Å². The van der Waals surface area contributed by atoms with E-state index in [2.05, 4.69) is 43.5 Å². The Kier molecular flexibility index (Phi) is 20.5. The molecule has 2 aromatic rings. The van der Waals surface area contributed by atoms with Gasteiger partial charge in [0.15, 0.2) is 17.7 Å². The first-order valence-corrected chi connectivity index (χ1v) is 22.9. The van der Waals surface area contributed by atoms with Crippen LogP contribution in [0.1, 0.15) is 54.2 Å². The molecule has 7 N–H and O–H groups in total. The number of aromatic nitrogens is 4. The lowest BCUT2D eigenvalue weighted by molar-refractivity contribution is -0.347. The summed E-state index contributed by atoms with van der Waals surface area (Å²) < 4.78 is 60.4. The van der Waals surface area contributed by atoms with Gasteiger partial charge in [0, 0.05) is 36.8 Å². The van der Waals surface area contributed by atoms with E-state index in [1.54, 1.807) is 27.7 Å². The number of thioether (sulfide) groups is 1. The van der Waals surface area contributed by atoms with E-state index in [9.17, 15) is 62.7 Å². The lowest BCUT2D eigenvalue weighted by atomic mass is 9.87. The maximum Gasteiger partial charge on any atom is 0.328 e. The van der Waals surface area contributed by atoms with Gasteiger partial charge in [-0.2, -0.15) is 0 Å². The number of nitrogen functional groups attached to an aromatic ring is 1. The zero-order chi connectivity index (χ0) is 46.5. The normalized spacial score (nSPS) is 20.3. The maximum absolute atomic E-state index is 12.5. The van der Waals surface area contributed by atoms with Crippen LogP contribution in [0.5, 0.6) is 0 Å². The van der Waals surface area contributed by atoms with Gasteiger partial charge in [0.1, 0.15) is 36.3 Å². The molecule has 344 valence electrons. The smallest absolute Gasteiger partial charge is 0.328 e. The van der Waals surface area contributed by atoms with Gasteiger partial charge in [-0.05, 0) is 33.8 Å².